The van der Waals surface area contributed by atoms with Gasteiger partial charge in [0.15, 0.2) is 11.5 Å². The van der Waals surface area contributed by atoms with Gasteiger partial charge in [-0.2, -0.15) is 10.2 Å². The number of ether oxygens (including phenoxy) is 2. The fraction of sp³-hybridized carbons (Fsp3) is 0.261. The highest BCUT2D eigenvalue weighted by Gasteiger charge is 2.40. The van der Waals surface area contributed by atoms with Crippen LogP contribution in [0.15, 0.2) is 47.4 Å². The molecule has 0 radical (unpaired) electrons. The normalized spacial score (nSPS) is 18.9. The van der Waals surface area contributed by atoms with Crippen LogP contribution in [0.3, 0.4) is 0 Å². The number of aromatic amines is 1. The SMILES string of the molecule is N#CC1C(=O)Nc2nc(NCc3ccc4c(c3)OCCCO4)[nH]c(=O)c2C1c1ccccn1. The fourth-order valence-electron chi connectivity index (χ4n) is 3.98. The average molecular weight is 444 g/mol. The van der Waals surface area contributed by atoms with Crippen LogP contribution in [0.5, 0.6) is 11.5 Å². The van der Waals surface area contributed by atoms with Crippen molar-refractivity contribution in [2.45, 2.75) is 18.9 Å². The monoisotopic (exact) mass is 444 g/mol. The highest BCUT2D eigenvalue weighted by Crippen LogP contribution is 2.37. The van der Waals surface area contributed by atoms with Crippen molar-refractivity contribution in [3.8, 4) is 17.6 Å². The van der Waals surface area contributed by atoms with Crippen LogP contribution in [0.2, 0.25) is 0 Å². The predicted octanol–water partition coefficient (Wildman–Crippen LogP) is 2.16. The van der Waals surface area contributed by atoms with Crippen molar-refractivity contribution >= 4 is 17.7 Å². The van der Waals surface area contributed by atoms with E-state index in [0.29, 0.717) is 37.0 Å². The number of aromatic nitrogens is 3. The molecule has 2 aliphatic heterocycles. The van der Waals surface area contributed by atoms with Gasteiger partial charge in [0.25, 0.3) is 5.56 Å². The van der Waals surface area contributed by atoms with Gasteiger partial charge in [0.05, 0.1) is 36.5 Å². The minimum atomic E-state index is -1.09. The number of nitrogens with zero attached hydrogens (tertiary/aromatic N) is 3. The zero-order chi connectivity index (χ0) is 22.8. The first kappa shape index (κ1) is 20.5. The number of pyridine rings is 1. The number of nitriles is 1. The van der Waals surface area contributed by atoms with E-state index in [0.717, 1.165) is 12.0 Å². The molecule has 2 aliphatic rings. The second kappa shape index (κ2) is 8.63. The molecular formula is C23H20N6O4. The third-order valence-electron chi connectivity index (χ3n) is 5.54. The summed E-state index contributed by atoms with van der Waals surface area (Å²) in [4.78, 5) is 37.0. The van der Waals surface area contributed by atoms with Gasteiger partial charge in [-0.15, -0.1) is 0 Å². The van der Waals surface area contributed by atoms with Crippen LogP contribution in [-0.4, -0.2) is 34.1 Å². The van der Waals surface area contributed by atoms with Gasteiger partial charge in [0.1, 0.15) is 11.7 Å². The van der Waals surface area contributed by atoms with Crippen LogP contribution in [0.4, 0.5) is 11.8 Å². The molecule has 166 valence electrons. The Labute approximate surface area is 188 Å². The van der Waals surface area contributed by atoms with Crippen molar-refractivity contribution in [1.29, 1.82) is 5.26 Å². The highest BCUT2D eigenvalue weighted by molar-refractivity contribution is 5.97. The molecule has 0 saturated heterocycles. The standard InChI is InChI=1S/C23H20N6O4/c24-11-14-18(15-4-1-2-7-25-15)19-20(27-21(14)30)28-23(29-22(19)31)26-12-13-5-6-16-17(10-13)33-9-3-8-32-16/h1-2,4-7,10,14,18H,3,8-9,12H2,(H3,26,27,28,29,30,31). The smallest absolute Gasteiger partial charge is 0.258 e. The molecule has 0 bridgehead atoms. The minimum Gasteiger partial charge on any atom is -0.490 e. The molecule has 33 heavy (non-hydrogen) atoms. The summed E-state index contributed by atoms with van der Waals surface area (Å²) >= 11 is 0. The number of rotatable bonds is 4. The third kappa shape index (κ3) is 3.96. The summed E-state index contributed by atoms with van der Waals surface area (Å²) in [5.41, 5.74) is 1.12. The summed E-state index contributed by atoms with van der Waals surface area (Å²) in [6.07, 6.45) is 2.38. The summed E-state index contributed by atoms with van der Waals surface area (Å²) in [7, 11) is 0. The Balaban J connectivity index is 1.43. The third-order valence-corrected chi connectivity index (χ3v) is 5.54. The van der Waals surface area contributed by atoms with E-state index >= 15 is 0 Å². The molecule has 2 unspecified atom stereocenters. The minimum absolute atomic E-state index is 0.118. The van der Waals surface area contributed by atoms with Crippen LogP contribution in [0.25, 0.3) is 0 Å². The molecule has 3 N–H and O–H groups in total. The Hall–Kier alpha value is -4.39. The van der Waals surface area contributed by atoms with Crippen LogP contribution in [0.1, 0.15) is 29.2 Å². The molecule has 0 aliphatic carbocycles. The quantitative estimate of drug-likeness (QED) is 0.556. The van der Waals surface area contributed by atoms with E-state index in [1.54, 1.807) is 24.4 Å². The number of hydrogen-bond acceptors (Lipinski definition) is 8. The lowest BCUT2D eigenvalue weighted by Crippen LogP contribution is -2.38. The first-order valence-corrected chi connectivity index (χ1v) is 10.5. The van der Waals surface area contributed by atoms with E-state index in [9.17, 15) is 14.9 Å². The number of nitrogens with one attached hydrogen (secondary N) is 3. The lowest BCUT2D eigenvalue weighted by molar-refractivity contribution is -0.119. The Morgan fingerprint density at radius 3 is 2.79 bits per heavy atom. The summed E-state index contributed by atoms with van der Waals surface area (Å²) < 4.78 is 11.4. The van der Waals surface area contributed by atoms with Crippen molar-refractivity contribution < 1.29 is 14.3 Å². The largest absolute Gasteiger partial charge is 0.490 e. The van der Waals surface area contributed by atoms with Crippen molar-refractivity contribution in [2.75, 3.05) is 23.8 Å². The van der Waals surface area contributed by atoms with Crippen LogP contribution in [0, 0.1) is 17.2 Å². The molecule has 0 spiro atoms. The number of H-pyrrole nitrogens is 1. The first-order chi connectivity index (χ1) is 16.1. The zero-order valence-electron chi connectivity index (χ0n) is 17.5. The Kier molecular flexibility index (Phi) is 5.36. The van der Waals surface area contributed by atoms with Gasteiger partial charge in [-0.1, -0.05) is 12.1 Å². The second-order valence-electron chi connectivity index (χ2n) is 7.69. The highest BCUT2D eigenvalue weighted by atomic mass is 16.5. The topological polar surface area (TPSA) is 142 Å². The molecule has 10 heteroatoms. The van der Waals surface area contributed by atoms with Crippen molar-refractivity contribution in [3.05, 3.63) is 69.8 Å². The molecule has 10 nitrogen and oxygen atoms in total. The number of anilines is 2. The van der Waals surface area contributed by atoms with Gasteiger partial charge in [-0.3, -0.25) is 19.6 Å². The van der Waals surface area contributed by atoms with E-state index in [1.165, 1.54) is 0 Å². The van der Waals surface area contributed by atoms with E-state index in [2.05, 4.69) is 25.6 Å². The maximum atomic E-state index is 13.0. The molecule has 0 fully saturated rings. The second-order valence-corrected chi connectivity index (χ2v) is 7.69. The number of carbonyl (C=O) groups is 1. The summed E-state index contributed by atoms with van der Waals surface area (Å²) in [5.74, 6) is -0.734. The van der Waals surface area contributed by atoms with Gasteiger partial charge in [-0.05, 0) is 29.8 Å². The van der Waals surface area contributed by atoms with Crippen molar-refractivity contribution in [1.82, 2.24) is 15.0 Å². The van der Waals surface area contributed by atoms with Crippen molar-refractivity contribution in [2.24, 2.45) is 5.92 Å². The molecule has 3 aromatic rings. The van der Waals surface area contributed by atoms with Gasteiger partial charge >= 0.3 is 0 Å². The Morgan fingerprint density at radius 1 is 1.15 bits per heavy atom. The summed E-state index contributed by atoms with van der Waals surface area (Å²) in [6.45, 7) is 1.56. The summed E-state index contributed by atoms with van der Waals surface area (Å²) in [6, 6.07) is 12.8. The lowest BCUT2D eigenvalue weighted by Gasteiger charge is -2.27. The van der Waals surface area contributed by atoms with Crippen molar-refractivity contribution in [3.63, 3.8) is 0 Å². The number of amides is 1. The average Bonchev–Trinajstić information content (AvgIpc) is 3.07. The first-order valence-electron chi connectivity index (χ1n) is 10.5. The van der Waals surface area contributed by atoms with Crippen LogP contribution in [-0.2, 0) is 11.3 Å². The molecule has 1 amide bonds. The molecular weight excluding hydrogens is 424 g/mol. The number of carbonyl (C=O) groups excluding carboxylic acids is 1. The Bertz CT molecular complexity index is 1300. The predicted molar refractivity (Wildman–Crippen MR) is 118 cm³/mol. The molecule has 4 heterocycles. The fourth-order valence-corrected chi connectivity index (χ4v) is 3.98. The molecule has 5 rings (SSSR count). The van der Waals surface area contributed by atoms with E-state index in [1.807, 2.05) is 24.3 Å². The maximum Gasteiger partial charge on any atom is 0.258 e. The molecule has 2 aromatic heterocycles. The number of fused-ring (bicyclic) bond motifs is 2. The van der Waals surface area contributed by atoms with Gasteiger partial charge in [-0.25, -0.2) is 0 Å². The van der Waals surface area contributed by atoms with E-state index in [-0.39, 0.29) is 17.3 Å². The van der Waals surface area contributed by atoms with Gasteiger partial charge in [0, 0.05) is 19.2 Å². The summed E-state index contributed by atoms with van der Waals surface area (Å²) in [5, 5.41) is 15.2. The van der Waals surface area contributed by atoms with E-state index in [4.69, 9.17) is 9.47 Å². The van der Waals surface area contributed by atoms with Gasteiger partial charge < -0.3 is 20.1 Å². The maximum absolute atomic E-state index is 13.0. The molecule has 1 aromatic carbocycles. The zero-order valence-corrected chi connectivity index (χ0v) is 17.5. The van der Waals surface area contributed by atoms with Gasteiger partial charge in [0.2, 0.25) is 11.9 Å². The van der Waals surface area contributed by atoms with Crippen LogP contribution < -0.4 is 25.7 Å². The lowest BCUT2D eigenvalue weighted by atomic mass is 9.81. The number of benzene rings is 1. The molecule has 2 atom stereocenters. The van der Waals surface area contributed by atoms with Crippen LogP contribution >= 0.6 is 0 Å². The molecule has 0 saturated carbocycles. The number of hydrogen-bond donors (Lipinski definition) is 3. The van der Waals surface area contributed by atoms with E-state index < -0.39 is 23.3 Å². The Morgan fingerprint density at radius 2 is 2.00 bits per heavy atom.